The van der Waals surface area contributed by atoms with Gasteiger partial charge in [-0.15, -0.1) is 11.3 Å². The van der Waals surface area contributed by atoms with Crippen LogP contribution in [-0.4, -0.2) is 25.8 Å². The summed E-state index contributed by atoms with van der Waals surface area (Å²) in [5.74, 6) is 0.836. The molecule has 1 amide bonds. The van der Waals surface area contributed by atoms with E-state index >= 15 is 0 Å². The molecule has 0 atom stereocenters. The fraction of sp³-hybridized carbons (Fsp3) is 0.240. The summed E-state index contributed by atoms with van der Waals surface area (Å²) in [7, 11) is 1.55. The van der Waals surface area contributed by atoms with Crippen LogP contribution in [0.3, 0.4) is 0 Å². The lowest BCUT2D eigenvalue weighted by atomic mass is 9.95. The molecular weight excluding hydrogens is 422 g/mol. The number of hydrogen-bond donors (Lipinski definition) is 1. The van der Waals surface area contributed by atoms with Crippen LogP contribution in [0.2, 0.25) is 0 Å². The second-order valence-electron chi connectivity index (χ2n) is 7.29. The number of nitriles is 1. The molecule has 32 heavy (non-hydrogen) atoms. The molecule has 4 rings (SSSR count). The van der Waals surface area contributed by atoms with Gasteiger partial charge in [0.15, 0.2) is 18.1 Å². The minimum atomic E-state index is -0.144. The van der Waals surface area contributed by atoms with Gasteiger partial charge in [0, 0.05) is 22.3 Å². The number of aryl methyl sites for hydroxylation is 1. The number of hydrogen-bond acceptors (Lipinski definition) is 6. The minimum Gasteiger partial charge on any atom is -0.493 e. The molecular formula is C25H23N3O3S. The van der Waals surface area contributed by atoms with Crippen LogP contribution in [0.1, 0.15) is 39.2 Å². The second kappa shape index (κ2) is 10.1. The lowest BCUT2D eigenvalue weighted by molar-refractivity contribution is 0.102. The molecule has 2 aromatic carbocycles. The largest absolute Gasteiger partial charge is 0.493 e. The Kier molecular flexibility index (Phi) is 6.83. The molecule has 6 nitrogen and oxygen atoms in total. The molecule has 0 aliphatic heterocycles. The van der Waals surface area contributed by atoms with E-state index in [0.717, 1.165) is 36.9 Å². The average Bonchev–Trinajstić information content (AvgIpc) is 3.20. The maximum absolute atomic E-state index is 13.2. The second-order valence-corrected chi connectivity index (χ2v) is 8.38. The van der Waals surface area contributed by atoms with Gasteiger partial charge in [-0.25, -0.2) is 4.99 Å². The summed E-state index contributed by atoms with van der Waals surface area (Å²) >= 11 is 1.57. The van der Waals surface area contributed by atoms with Gasteiger partial charge in [0.2, 0.25) is 0 Å². The lowest BCUT2D eigenvalue weighted by Crippen LogP contribution is -2.14. The highest BCUT2D eigenvalue weighted by Gasteiger charge is 2.25. The first-order chi connectivity index (χ1) is 15.7. The molecule has 7 heteroatoms. The first-order valence-electron chi connectivity index (χ1n) is 10.4. The Balaban J connectivity index is 1.70. The van der Waals surface area contributed by atoms with Crippen molar-refractivity contribution in [1.82, 2.24) is 0 Å². The van der Waals surface area contributed by atoms with Crippen molar-refractivity contribution < 1.29 is 14.3 Å². The van der Waals surface area contributed by atoms with E-state index in [-0.39, 0.29) is 12.5 Å². The molecule has 1 N–H and O–H groups in total. The Morgan fingerprint density at radius 2 is 2.00 bits per heavy atom. The third kappa shape index (κ3) is 4.66. The third-order valence-electron chi connectivity index (χ3n) is 5.24. The van der Waals surface area contributed by atoms with Crippen LogP contribution < -0.4 is 14.8 Å². The molecule has 1 heterocycles. The zero-order valence-corrected chi connectivity index (χ0v) is 18.6. The Morgan fingerprint density at radius 1 is 1.19 bits per heavy atom. The molecule has 1 aliphatic carbocycles. The van der Waals surface area contributed by atoms with Crippen LogP contribution in [0.4, 0.5) is 10.7 Å². The summed E-state index contributed by atoms with van der Waals surface area (Å²) in [6.07, 6.45) is 5.72. The van der Waals surface area contributed by atoms with Gasteiger partial charge in [-0.3, -0.25) is 4.79 Å². The average molecular weight is 446 g/mol. The molecule has 0 radical (unpaired) electrons. The van der Waals surface area contributed by atoms with E-state index in [1.807, 2.05) is 48.5 Å². The highest BCUT2D eigenvalue weighted by Crippen LogP contribution is 2.40. The number of carbonyl (C=O) groups excluding carboxylic acids is 1. The highest BCUT2D eigenvalue weighted by molar-refractivity contribution is 7.16. The molecule has 1 aliphatic rings. The molecule has 3 aromatic rings. The van der Waals surface area contributed by atoms with Crippen molar-refractivity contribution in [1.29, 1.82) is 5.26 Å². The summed E-state index contributed by atoms with van der Waals surface area (Å²) in [4.78, 5) is 19.2. The monoisotopic (exact) mass is 445 g/mol. The fourth-order valence-corrected chi connectivity index (χ4v) is 5.00. The number of thiophene rings is 1. The van der Waals surface area contributed by atoms with Gasteiger partial charge in [-0.05, 0) is 55.5 Å². The van der Waals surface area contributed by atoms with E-state index in [1.54, 1.807) is 30.7 Å². The zero-order valence-electron chi connectivity index (χ0n) is 17.8. The summed E-state index contributed by atoms with van der Waals surface area (Å²) in [5.41, 5.74) is 3.18. The predicted octanol–water partition coefficient (Wildman–Crippen LogP) is 5.54. The number of amides is 1. The van der Waals surface area contributed by atoms with E-state index in [2.05, 4.69) is 5.32 Å². The SMILES string of the molecule is COc1cccc(C=Nc2sc3c(c2C(=O)Nc2ccccc2)CCCC3)c1OCC#N. The molecule has 1 aromatic heterocycles. The van der Waals surface area contributed by atoms with Crippen LogP contribution in [0.15, 0.2) is 53.5 Å². The maximum Gasteiger partial charge on any atom is 0.259 e. The number of nitrogens with zero attached hydrogens (tertiary/aromatic N) is 2. The van der Waals surface area contributed by atoms with Crippen molar-refractivity contribution in [2.75, 3.05) is 19.0 Å². The predicted molar refractivity (Wildman–Crippen MR) is 127 cm³/mol. The number of para-hydroxylation sites is 2. The first-order valence-corrected chi connectivity index (χ1v) is 11.2. The molecule has 0 unspecified atom stereocenters. The van der Waals surface area contributed by atoms with Crippen molar-refractivity contribution in [2.24, 2.45) is 4.99 Å². The fourth-order valence-electron chi connectivity index (χ4n) is 3.77. The van der Waals surface area contributed by atoms with Crippen molar-refractivity contribution in [2.45, 2.75) is 25.7 Å². The Morgan fingerprint density at radius 3 is 2.78 bits per heavy atom. The number of methoxy groups -OCH3 is 1. The van der Waals surface area contributed by atoms with Crippen molar-refractivity contribution >= 4 is 34.1 Å². The zero-order chi connectivity index (χ0) is 22.3. The molecule has 0 saturated carbocycles. The van der Waals surface area contributed by atoms with Crippen molar-refractivity contribution in [3.63, 3.8) is 0 Å². The standard InChI is InChI=1S/C25H23N3O3S/c1-30-20-12-7-8-17(23(20)31-15-14-26)16-27-25-22(19-11-5-6-13-21(19)32-25)24(29)28-18-9-3-2-4-10-18/h2-4,7-10,12,16H,5-6,11,13,15H2,1H3,(H,28,29). The summed E-state index contributed by atoms with van der Waals surface area (Å²) in [6.45, 7) is -0.0980. The van der Waals surface area contributed by atoms with Gasteiger partial charge in [0.05, 0.1) is 12.7 Å². The summed E-state index contributed by atoms with van der Waals surface area (Å²) in [5, 5.41) is 12.6. The van der Waals surface area contributed by atoms with E-state index in [0.29, 0.717) is 27.6 Å². The number of nitrogens with one attached hydrogen (secondary N) is 1. The molecule has 162 valence electrons. The summed E-state index contributed by atoms with van der Waals surface area (Å²) < 4.78 is 11.0. The number of aliphatic imine (C=N–C) groups is 1. The quantitative estimate of drug-likeness (QED) is 0.484. The third-order valence-corrected chi connectivity index (χ3v) is 6.44. The number of benzene rings is 2. The molecule has 0 spiro atoms. The van der Waals surface area contributed by atoms with Gasteiger partial charge in [-0.2, -0.15) is 5.26 Å². The molecule has 0 fully saturated rings. The van der Waals surface area contributed by atoms with Crippen molar-refractivity contribution in [3.05, 3.63) is 70.1 Å². The number of fused-ring (bicyclic) bond motifs is 1. The normalized spacial score (nSPS) is 12.8. The van der Waals surface area contributed by atoms with Crippen LogP contribution in [0.5, 0.6) is 11.5 Å². The topological polar surface area (TPSA) is 83.7 Å². The van der Waals surface area contributed by atoms with E-state index in [4.69, 9.17) is 19.7 Å². The number of anilines is 1. The van der Waals surface area contributed by atoms with Gasteiger partial charge >= 0.3 is 0 Å². The number of carbonyl (C=O) groups is 1. The van der Waals surface area contributed by atoms with Crippen LogP contribution in [0.25, 0.3) is 0 Å². The molecule has 0 saturated heterocycles. The first kappa shape index (κ1) is 21.6. The van der Waals surface area contributed by atoms with Crippen LogP contribution in [0, 0.1) is 11.3 Å². The Bertz CT molecular complexity index is 1180. The van der Waals surface area contributed by atoms with Crippen LogP contribution >= 0.6 is 11.3 Å². The minimum absolute atomic E-state index is 0.0980. The summed E-state index contributed by atoms with van der Waals surface area (Å²) in [6, 6.07) is 16.9. The highest BCUT2D eigenvalue weighted by atomic mass is 32.1. The van der Waals surface area contributed by atoms with Gasteiger partial charge in [0.25, 0.3) is 5.91 Å². The van der Waals surface area contributed by atoms with Gasteiger partial charge in [0.1, 0.15) is 11.1 Å². The van der Waals surface area contributed by atoms with Gasteiger partial charge < -0.3 is 14.8 Å². The Labute approximate surface area is 191 Å². The lowest BCUT2D eigenvalue weighted by Gasteiger charge is -2.13. The van der Waals surface area contributed by atoms with Crippen molar-refractivity contribution in [3.8, 4) is 17.6 Å². The van der Waals surface area contributed by atoms with Gasteiger partial charge in [-0.1, -0.05) is 24.3 Å². The number of rotatable bonds is 7. The Hall–Kier alpha value is -3.63. The van der Waals surface area contributed by atoms with E-state index < -0.39 is 0 Å². The van der Waals surface area contributed by atoms with E-state index in [9.17, 15) is 4.79 Å². The smallest absolute Gasteiger partial charge is 0.259 e. The molecule has 0 bridgehead atoms. The van der Waals surface area contributed by atoms with E-state index in [1.165, 1.54) is 4.88 Å². The van der Waals surface area contributed by atoms with Crippen LogP contribution in [-0.2, 0) is 12.8 Å². The maximum atomic E-state index is 13.2. The number of ether oxygens (including phenoxy) is 2.